The van der Waals surface area contributed by atoms with E-state index >= 15 is 0 Å². The molecule has 0 radical (unpaired) electrons. The number of hydrogen-bond donors (Lipinski definition) is 0. The van der Waals surface area contributed by atoms with Crippen molar-refractivity contribution in [2.45, 2.75) is 42.1 Å². The molecular weight excluding hydrogens is 319 g/mol. The lowest BCUT2D eigenvalue weighted by Gasteiger charge is -2.27. The van der Waals surface area contributed by atoms with Crippen LogP contribution in [0.2, 0.25) is 0 Å². The first-order valence-electron chi connectivity index (χ1n) is 6.17. The van der Waals surface area contributed by atoms with E-state index in [0.29, 0.717) is 23.2 Å². The molecular formula is C12H23IO3. The molecule has 2 atom stereocenters. The van der Waals surface area contributed by atoms with Crippen LogP contribution in [0.25, 0.3) is 0 Å². The molecule has 0 N–H and O–H groups in total. The Labute approximate surface area is 112 Å². The van der Waals surface area contributed by atoms with Crippen molar-refractivity contribution in [3.63, 3.8) is 0 Å². The molecule has 0 spiro atoms. The molecule has 96 valence electrons. The fourth-order valence-electron chi connectivity index (χ4n) is 1.88. The molecule has 0 aromatic heterocycles. The van der Waals surface area contributed by atoms with Gasteiger partial charge in [0.15, 0.2) is 0 Å². The molecule has 0 heterocycles. The summed E-state index contributed by atoms with van der Waals surface area (Å²) in [5, 5.41) is 0. The van der Waals surface area contributed by atoms with Gasteiger partial charge in [-0.05, 0) is 19.3 Å². The molecule has 1 aliphatic carbocycles. The van der Waals surface area contributed by atoms with Gasteiger partial charge in [-0.15, -0.1) is 0 Å². The highest BCUT2D eigenvalue weighted by Crippen LogP contribution is 2.27. The normalized spacial score (nSPS) is 25.9. The number of alkyl halides is 1. The SMILES string of the molecule is COCCOCCCOC1CCCCC1I. The largest absolute Gasteiger partial charge is 0.382 e. The summed E-state index contributed by atoms with van der Waals surface area (Å²) in [6, 6.07) is 0. The molecule has 3 nitrogen and oxygen atoms in total. The Kier molecular flexibility index (Phi) is 8.82. The van der Waals surface area contributed by atoms with Crippen LogP contribution in [0.4, 0.5) is 0 Å². The number of ether oxygens (including phenoxy) is 3. The first-order valence-corrected chi connectivity index (χ1v) is 7.41. The highest BCUT2D eigenvalue weighted by Gasteiger charge is 2.22. The summed E-state index contributed by atoms with van der Waals surface area (Å²) in [5.74, 6) is 0. The van der Waals surface area contributed by atoms with E-state index < -0.39 is 0 Å². The van der Waals surface area contributed by atoms with Crippen LogP contribution in [0.1, 0.15) is 32.1 Å². The lowest BCUT2D eigenvalue weighted by molar-refractivity contribution is 0.0138. The predicted octanol–water partition coefficient (Wildman–Crippen LogP) is 2.80. The highest BCUT2D eigenvalue weighted by atomic mass is 127. The number of halogens is 1. The summed E-state index contributed by atoms with van der Waals surface area (Å²) in [5.41, 5.74) is 0. The van der Waals surface area contributed by atoms with Gasteiger partial charge >= 0.3 is 0 Å². The zero-order valence-electron chi connectivity index (χ0n) is 10.1. The zero-order chi connectivity index (χ0) is 11.6. The van der Waals surface area contributed by atoms with Gasteiger partial charge in [0, 0.05) is 24.2 Å². The molecule has 0 aromatic rings. The Morgan fingerprint density at radius 2 is 1.88 bits per heavy atom. The number of methoxy groups -OCH3 is 1. The van der Waals surface area contributed by atoms with Crippen molar-refractivity contribution in [3.8, 4) is 0 Å². The van der Waals surface area contributed by atoms with E-state index in [4.69, 9.17) is 14.2 Å². The summed E-state index contributed by atoms with van der Waals surface area (Å²) < 4.78 is 16.9. The molecule has 0 aromatic carbocycles. The van der Waals surface area contributed by atoms with Crippen molar-refractivity contribution < 1.29 is 14.2 Å². The van der Waals surface area contributed by atoms with Crippen molar-refractivity contribution in [3.05, 3.63) is 0 Å². The lowest BCUT2D eigenvalue weighted by Crippen LogP contribution is -2.28. The average Bonchev–Trinajstić information content (AvgIpc) is 2.30. The van der Waals surface area contributed by atoms with Crippen LogP contribution >= 0.6 is 22.6 Å². The second-order valence-corrected chi connectivity index (χ2v) is 5.77. The molecule has 0 amide bonds. The Bertz CT molecular complexity index is 166. The van der Waals surface area contributed by atoms with Gasteiger partial charge in [0.2, 0.25) is 0 Å². The minimum absolute atomic E-state index is 0.480. The predicted molar refractivity (Wildman–Crippen MR) is 73.3 cm³/mol. The van der Waals surface area contributed by atoms with Crippen LogP contribution in [-0.4, -0.2) is 43.6 Å². The summed E-state index contributed by atoms with van der Waals surface area (Å²) in [7, 11) is 1.69. The standard InChI is InChI=1S/C12H23IO3/c1-14-9-10-15-7-4-8-16-12-6-3-2-5-11(12)13/h11-12H,2-10H2,1H3. The van der Waals surface area contributed by atoms with E-state index in [1.165, 1.54) is 25.7 Å². The van der Waals surface area contributed by atoms with E-state index in [2.05, 4.69) is 22.6 Å². The summed E-state index contributed by atoms with van der Waals surface area (Å²) >= 11 is 2.53. The fourth-order valence-corrected chi connectivity index (χ4v) is 2.89. The molecule has 2 unspecified atom stereocenters. The first-order chi connectivity index (χ1) is 7.84. The van der Waals surface area contributed by atoms with E-state index in [1.54, 1.807) is 7.11 Å². The molecule has 0 saturated heterocycles. The van der Waals surface area contributed by atoms with Gasteiger partial charge in [-0.3, -0.25) is 0 Å². The van der Waals surface area contributed by atoms with Gasteiger partial charge < -0.3 is 14.2 Å². The van der Waals surface area contributed by atoms with Crippen LogP contribution in [0.3, 0.4) is 0 Å². The van der Waals surface area contributed by atoms with E-state index in [0.717, 1.165) is 19.6 Å². The minimum atomic E-state index is 0.480. The van der Waals surface area contributed by atoms with Gasteiger partial charge in [0.05, 0.1) is 19.3 Å². The second kappa shape index (κ2) is 9.62. The van der Waals surface area contributed by atoms with E-state index in [1.807, 2.05) is 0 Å². The number of hydrogen-bond acceptors (Lipinski definition) is 3. The van der Waals surface area contributed by atoms with Crippen molar-refractivity contribution >= 4 is 22.6 Å². The fraction of sp³-hybridized carbons (Fsp3) is 1.00. The van der Waals surface area contributed by atoms with E-state index in [9.17, 15) is 0 Å². The van der Waals surface area contributed by atoms with Crippen molar-refractivity contribution in [2.24, 2.45) is 0 Å². The van der Waals surface area contributed by atoms with Gasteiger partial charge in [-0.2, -0.15) is 0 Å². The maximum absolute atomic E-state index is 5.88. The monoisotopic (exact) mass is 342 g/mol. The third kappa shape index (κ3) is 6.37. The third-order valence-electron chi connectivity index (χ3n) is 2.82. The Hall–Kier alpha value is 0.610. The van der Waals surface area contributed by atoms with Crippen molar-refractivity contribution in [1.82, 2.24) is 0 Å². The van der Waals surface area contributed by atoms with E-state index in [-0.39, 0.29) is 0 Å². The van der Waals surface area contributed by atoms with Crippen LogP contribution < -0.4 is 0 Å². The molecule has 1 aliphatic rings. The van der Waals surface area contributed by atoms with Crippen molar-refractivity contribution in [1.29, 1.82) is 0 Å². The van der Waals surface area contributed by atoms with Crippen LogP contribution in [0, 0.1) is 0 Å². The second-order valence-electron chi connectivity index (χ2n) is 4.17. The summed E-state index contributed by atoms with van der Waals surface area (Å²) in [6.45, 7) is 2.98. The molecule has 0 aliphatic heterocycles. The Morgan fingerprint density at radius 1 is 1.06 bits per heavy atom. The average molecular weight is 342 g/mol. The van der Waals surface area contributed by atoms with Gasteiger partial charge in [-0.1, -0.05) is 35.4 Å². The smallest absolute Gasteiger partial charge is 0.0700 e. The van der Waals surface area contributed by atoms with Crippen LogP contribution in [0.15, 0.2) is 0 Å². The Morgan fingerprint density at radius 3 is 2.62 bits per heavy atom. The van der Waals surface area contributed by atoms with Gasteiger partial charge in [-0.25, -0.2) is 0 Å². The van der Waals surface area contributed by atoms with Crippen LogP contribution in [0.5, 0.6) is 0 Å². The molecule has 1 saturated carbocycles. The first kappa shape index (κ1) is 14.7. The molecule has 1 fully saturated rings. The Balaban J connectivity index is 1.90. The molecule has 4 heteroatoms. The quantitative estimate of drug-likeness (QED) is 0.386. The third-order valence-corrected chi connectivity index (χ3v) is 4.24. The summed E-state index contributed by atoms with van der Waals surface area (Å²) in [4.78, 5) is 0. The van der Waals surface area contributed by atoms with Gasteiger partial charge in [0.25, 0.3) is 0 Å². The highest BCUT2D eigenvalue weighted by molar-refractivity contribution is 14.1. The minimum Gasteiger partial charge on any atom is -0.382 e. The number of rotatable bonds is 8. The topological polar surface area (TPSA) is 27.7 Å². The van der Waals surface area contributed by atoms with Crippen molar-refractivity contribution in [2.75, 3.05) is 33.5 Å². The maximum Gasteiger partial charge on any atom is 0.0700 e. The summed E-state index contributed by atoms with van der Waals surface area (Å²) in [6.07, 6.45) is 6.72. The van der Waals surface area contributed by atoms with Gasteiger partial charge in [0.1, 0.15) is 0 Å². The lowest BCUT2D eigenvalue weighted by atomic mass is 9.98. The van der Waals surface area contributed by atoms with Crippen LogP contribution in [-0.2, 0) is 14.2 Å². The zero-order valence-corrected chi connectivity index (χ0v) is 12.3. The molecule has 16 heavy (non-hydrogen) atoms. The molecule has 0 bridgehead atoms. The molecule has 1 rings (SSSR count). The maximum atomic E-state index is 5.88.